The van der Waals surface area contributed by atoms with E-state index in [1.165, 1.54) is 90.1 Å². The number of allylic oxidation sites excluding steroid dienone is 5. The van der Waals surface area contributed by atoms with Crippen LogP contribution in [-0.4, -0.2) is 22.8 Å². The Labute approximate surface area is 285 Å². The number of hydrogen-bond donors (Lipinski definition) is 0. The van der Waals surface area contributed by atoms with E-state index in [0.29, 0.717) is 17.2 Å². The van der Waals surface area contributed by atoms with Gasteiger partial charge >= 0.3 is 5.97 Å². The van der Waals surface area contributed by atoms with Crippen LogP contribution in [0.1, 0.15) is 96.5 Å². The molecule has 0 radical (unpaired) electrons. The number of para-hydroxylation sites is 1. The molecule has 0 bridgehead atoms. The smallest absolute Gasteiger partial charge is 0.345 e. The molecule has 1 atom stereocenters. The third kappa shape index (κ3) is 6.52. The van der Waals surface area contributed by atoms with Crippen molar-refractivity contribution in [3.8, 4) is 0 Å². The van der Waals surface area contributed by atoms with Crippen LogP contribution in [0.15, 0.2) is 113 Å². The molecule has 0 N–H and O–H groups in total. The first-order chi connectivity index (χ1) is 23.7. The van der Waals surface area contributed by atoms with Crippen LogP contribution in [0.3, 0.4) is 0 Å². The number of fused-ring (bicyclic) bond motifs is 4. The van der Waals surface area contributed by atoms with Gasteiger partial charge in [0.25, 0.3) is 0 Å². The zero-order valence-corrected chi connectivity index (χ0v) is 28.7. The van der Waals surface area contributed by atoms with Crippen LogP contribution in [0.4, 0.5) is 5.69 Å². The molecule has 3 aromatic carbocycles. The van der Waals surface area contributed by atoms with Gasteiger partial charge < -0.3 is 14.3 Å². The van der Waals surface area contributed by atoms with Crippen molar-refractivity contribution in [3.63, 3.8) is 0 Å². The van der Waals surface area contributed by atoms with Gasteiger partial charge in [-0.2, -0.15) is 0 Å². The number of carbonyl (C=O) groups is 1. The molecule has 0 saturated heterocycles. The van der Waals surface area contributed by atoms with Crippen LogP contribution in [0.5, 0.6) is 0 Å². The van der Waals surface area contributed by atoms with E-state index in [0.717, 1.165) is 49.9 Å². The van der Waals surface area contributed by atoms with E-state index >= 15 is 0 Å². The number of oxime groups is 1. The largest absolute Gasteiger partial charge is 0.368 e. The van der Waals surface area contributed by atoms with Crippen LogP contribution in [-0.2, 0) is 16.2 Å². The first-order valence-electron chi connectivity index (χ1n) is 18.4. The summed E-state index contributed by atoms with van der Waals surface area (Å²) in [5.41, 5.74) is 9.92. The van der Waals surface area contributed by atoms with Gasteiger partial charge in [-0.3, -0.25) is 0 Å². The van der Waals surface area contributed by atoms with Crippen LogP contribution in [0, 0.1) is 5.92 Å². The molecule has 0 saturated carbocycles. The van der Waals surface area contributed by atoms with Gasteiger partial charge in [-0.25, -0.2) is 4.79 Å². The maximum atomic E-state index is 13.0. The highest BCUT2D eigenvalue weighted by Crippen LogP contribution is 2.42. The van der Waals surface area contributed by atoms with Crippen LogP contribution >= 0.6 is 0 Å². The number of aryl methyl sites for hydroxylation is 1. The Morgan fingerprint density at radius 3 is 2.38 bits per heavy atom. The van der Waals surface area contributed by atoms with E-state index in [9.17, 15) is 4.79 Å². The Morgan fingerprint density at radius 2 is 1.54 bits per heavy atom. The lowest BCUT2D eigenvalue weighted by Crippen LogP contribution is -2.27. The Kier molecular flexibility index (Phi) is 9.92. The Hall–Kier alpha value is -4.38. The molecular formula is C43H49N3O2. The number of rotatable bonds is 13. The minimum absolute atomic E-state index is 0.338. The maximum absolute atomic E-state index is 13.0. The summed E-state index contributed by atoms with van der Waals surface area (Å²) in [6, 6.07) is 26.0. The average molecular weight is 640 g/mol. The fourth-order valence-corrected chi connectivity index (χ4v) is 7.99. The normalized spacial score (nSPS) is 19.2. The first kappa shape index (κ1) is 32.2. The van der Waals surface area contributed by atoms with Crippen molar-refractivity contribution in [3.05, 3.63) is 113 Å². The average Bonchev–Trinajstić information content (AvgIpc) is 3.67. The third-order valence-corrected chi connectivity index (χ3v) is 10.6. The lowest BCUT2D eigenvalue weighted by Gasteiger charge is -2.35. The lowest BCUT2D eigenvalue weighted by molar-refractivity contribution is -0.136. The van der Waals surface area contributed by atoms with E-state index in [-0.39, 0.29) is 5.97 Å². The molecule has 2 heterocycles. The number of hydrogen-bond acceptors (Lipinski definition) is 4. The zero-order valence-electron chi connectivity index (χ0n) is 28.7. The van der Waals surface area contributed by atoms with Crippen LogP contribution in [0.25, 0.3) is 21.8 Å². The summed E-state index contributed by atoms with van der Waals surface area (Å²) in [5, 5.41) is 6.90. The Balaban J connectivity index is 1.25. The molecule has 0 fully saturated rings. The van der Waals surface area contributed by atoms with Crippen molar-refractivity contribution >= 4 is 39.2 Å². The maximum Gasteiger partial charge on any atom is 0.368 e. The fourth-order valence-electron chi connectivity index (χ4n) is 7.99. The van der Waals surface area contributed by atoms with Crippen molar-refractivity contribution in [2.24, 2.45) is 11.1 Å². The summed E-state index contributed by atoms with van der Waals surface area (Å²) < 4.78 is 2.54. The molecule has 5 heteroatoms. The molecule has 2 aliphatic carbocycles. The standard InChI is InChI=1S/C43H49N3O2/c1-3-5-7-14-26-45(36-24-25-40-38(30-36)37-18-12-13-19-39(37)46(40)27-15-8-6-4-2)35-23-22-31-20-21-33(28-34(31)29-35)41-42(44-48-43(41)47)32-16-10-9-11-17-32/h9-13,16-19,24-25,28-31H,3-8,14-15,20-23,26-27H2,1-2H3. The van der Waals surface area contributed by atoms with Crippen molar-refractivity contribution in [2.45, 2.75) is 97.4 Å². The predicted octanol–water partition coefficient (Wildman–Crippen LogP) is 11.0. The van der Waals surface area contributed by atoms with E-state index in [2.05, 4.69) is 83.1 Å². The van der Waals surface area contributed by atoms with Crippen LogP contribution in [0.2, 0.25) is 0 Å². The Bertz CT molecular complexity index is 1910. The van der Waals surface area contributed by atoms with E-state index in [4.69, 9.17) is 4.84 Å². The highest BCUT2D eigenvalue weighted by molar-refractivity contribution is 6.29. The first-order valence-corrected chi connectivity index (χ1v) is 18.4. The van der Waals surface area contributed by atoms with Gasteiger partial charge in [-0.15, -0.1) is 0 Å². The quantitative estimate of drug-likeness (QED) is 0.0831. The number of unbranched alkanes of at least 4 members (excludes halogenated alkanes) is 6. The molecule has 5 nitrogen and oxygen atoms in total. The molecule has 1 unspecified atom stereocenters. The summed E-state index contributed by atoms with van der Waals surface area (Å²) in [6.07, 6.45) is 18.8. The van der Waals surface area contributed by atoms with Gasteiger partial charge in [0, 0.05) is 51.8 Å². The van der Waals surface area contributed by atoms with Gasteiger partial charge in [-0.05, 0) is 85.9 Å². The molecule has 248 valence electrons. The summed E-state index contributed by atoms with van der Waals surface area (Å²) >= 11 is 0. The van der Waals surface area contributed by atoms with Gasteiger partial charge in [0.15, 0.2) is 0 Å². The van der Waals surface area contributed by atoms with Crippen molar-refractivity contribution in [1.82, 2.24) is 4.57 Å². The van der Waals surface area contributed by atoms with Gasteiger partial charge in [0.05, 0.1) is 5.57 Å². The molecule has 0 spiro atoms. The topological polar surface area (TPSA) is 46.8 Å². The summed E-state index contributed by atoms with van der Waals surface area (Å²) in [4.78, 5) is 20.8. The second-order valence-corrected chi connectivity index (χ2v) is 13.8. The van der Waals surface area contributed by atoms with Crippen LogP contribution < -0.4 is 4.90 Å². The molecule has 7 rings (SSSR count). The summed E-state index contributed by atoms with van der Waals surface area (Å²) in [7, 11) is 0. The predicted molar refractivity (Wildman–Crippen MR) is 199 cm³/mol. The molecular weight excluding hydrogens is 590 g/mol. The van der Waals surface area contributed by atoms with E-state index in [1.807, 2.05) is 30.3 Å². The second-order valence-electron chi connectivity index (χ2n) is 13.8. The highest BCUT2D eigenvalue weighted by Gasteiger charge is 2.33. The number of benzene rings is 3. The lowest BCUT2D eigenvalue weighted by atomic mass is 9.77. The number of nitrogens with zero attached hydrogens (tertiary/aromatic N) is 3. The molecule has 1 aliphatic heterocycles. The molecule has 1 aromatic heterocycles. The third-order valence-electron chi connectivity index (χ3n) is 10.6. The van der Waals surface area contributed by atoms with Crippen molar-refractivity contribution in [2.75, 3.05) is 11.4 Å². The van der Waals surface area contributed by atoms with E-state index in [1.54, 1.807) is 0 Å². The second kappa shape index (κ2) is 14.8. The zero-order chi connectivity index (χ0) is 32.9. The monoisotopic (exact) mass is 639 g/mol. The van der Waals surface area contributed by atoms with Gasteiger partial charge in [0.1, 0.15) is 5.71 Å². The minimum Gasteiger partial charge on any atom is -0.345 e. The van der Waals surface area contributed by atoms with Gasteiger partial charge in [-0.1, -0.05) is 112 Å². The minimum atomic E-state index is -0.338. The summed E-state index contributed by atoms with van der Waals surface area (Å²) in [6.45, 7) is 6.63. The molecule has 3 aliphatic rings. The molecule has 0 amide bonds. The summed E-state index contributed by atoms with van der Waals surface area (Å²) in [5.74, 6) is 0.178. The number of anilines is 1. The van der Waals surface area contributed by atoms with Gasteiger partial charge in [0.2, 0.25) is 0 Å². The number of carbonyl (C=O) groups excluding carboxylic acids is 1. The fraction of sp³-hybridized carbons (Fsp3) is 0.395. The molecule has 48 heavy (non-hydrogen) atoms. The van der Waals surface area contributed by atoms with Crippen molar-refractivity contribution in [1.29, 1.82) is 0 Å². The highest BCUT2D eigenvalue weighted by atomic mass is 16.7. The molecule has 4 aromatic rings. The Morgan fingerprint density at radius 1 is 0.792 bits per heavy atom. The van der Waals surface area contributed by atoms with Crippen molar-refractivity contribution < 1.29 is 9.63 Å². The number of aromatic nitrogens is 1. The van der Waals surface area contributed by atoms with E-state index < -0.39 is 0 Å². The SMILES string of the molecule is CCCCCCN(C1=CC2=CC(=C3C(=O)ON=C3c3ccccc3)CCC2CC1)c1ccc2c(c1)c1ccccc1n2CCCCCC.